The van der Waals surface area contributed by atoms with Gasteiger partial charge in [0, 0.05) is 35.3 Å². The molecule has 5 heteroatoms. The summed E-state index contributed by atoms with van der Waals surface area (Å²) in [5, 5.41) is 20.8. The van der Waals surface area contributed by atoms with E-state index in [-0.39, 0.29) is 5.41 Å². The highest BCUT2D eigenvalue weighted by Crippen LogP contribution is 2.25. The lowest BCUT2D eigenvalue weighted by molar-refractivity contribution is 0.170. The van der Waals surface area contributed by atoms with Crippen LogP contribution >= 0.6 is 0 Å². The molecule has 0 aliphatic heterocycles. The zero-order valence-corrected chi connectivity index (χ0v) is 13.7. The average Bonchev–Trinajstić information content (AvgIpc) is 2.95. The van der Waals surface area contributed by atoms with E-state index in [4.69, 9.17) is 4.74 Å². The van der Waals surface area contributed by atoms with Gasteiger partial charge >= 0.3 is 0 Å². The summed E-state index contributed by atoms with van der Waals surface area (Å²) in [6, 6.07) is 7.52. The number of hydrogen-bond acceptors (Lipinski definition) is 4. The van der Waals surface area contributed by atoms with Gasteiger partial charge in [0.1, 0.15) is 5.75 Å². The fourth-order valence-electron chi connectivity index (χ4n) is 2.49. The second-order valence-corrected chi connectivity index (χ2v) is 6.41. The number of para-hydroxylation sites is 1. The first kappa shape index (κ1) is 16.5. The SMILES string of the molecule is COc1ccccc1C(O)CNCc1cn[nH]c1C(C)(C)C. The van der Waals surface area contributed by atoms with Crippen LogP contribution in [0.2, 0.25) is 0 Å². The normalized spacial score (nSPS) is 13.1. The number of aromatic amines is 1. The molecule has 1 heterocycles. The van der Waals surface area contributed by atoms with Gasteiger partial charge in [-0.1, -0.05) is 39.0 Å². The number of rotatable bonds is 6. The Morgan fingerprint density at radius 2 is 2.05 bits per heavy atom. The number of hydrogen-bond donors (Lipinski definition) is 3. The van der Waals surface area contributed by atoms with Crippen molar-refractivity contribution >= 4 is 0 Å². The lowest BCUT2D eigenvalue weighted by Crippen LogP contribution is -2.23. The van der Waals surface area contributed by atoms with Gasteiger partial charge in [0.15, 0.2) is 0 Å². The molecular formula is C17H25N3O2. The summed E-state index contributed by atoms with van der Waals surface area (Å²) in [7, 11) is 1.61. The maximum Gasteiger partial charge on any atom is 0.124 e. The van der Waals surface area contributed by atoms with E-state index in [0.29, 0.717) is 18.8 Å². The number of aliphatic hydroxyl groups excluding tert-OH is 1. The van der Waals surface area contributed by atoms with Crippen molar-refractivity contribution in [2.24, 2.45) is 0 Å². The van der Waals surface area contributed by atoms with E-state index >= 15 is 0 Å². The van der Waals surface area contributed by atoms with Gasteiger partial charge in [-0.25, -0.2) is 0 Å². The summed E-state index contributed by atoms with van der Waals surface area (Å²) in [5.74, 6) is 0.704. The van der Waals surface area contributed by atoms with Gasteiger partial charge in [-0.2, -0.15) is 5.10 Å². The molecule has 22 heavy (non-hydrogen) atoms. The maximum absolute atomic E-state index is 10.3. The molecule has 5 nitrogen and oxygen atoms in total. The van der Waals surface area contributed by atoms with Crippen LogP contribution in [0.4, 0.5) is 0 Å². The van der Waals surface area contributed by atoms with Crippen molar-refractivity contribution in [2.75, 3.05) is 13.7 Å². The summed E-state index contributed by atoms with van der Waals surface area (Å²) < 4.78 is 5.28. The Labute approximate surface area is 131 Å². The highest BCUT2D eigenvalue weighted by atomic mass is 16.5. The first-order valence-electron chi connectivity index (χ1n) is 7.48. The predicted molar refractivity (Wildman–Crippen MR) is 86.9 cm³/mol. The molecule has 3 N–H and O–H groups in total. The number of aromatic nitrogens is 2. The minimum Gasteiger partial charge on any atom is -0.496 e. The van der Waals surface area contributed by atoms with Crippen molar-refractivity contribution < 1.29 is 9.84 Å². The van der Waals surface area contributed by atoms with Crippen LogP contribution in [0.5, 0.6) is 5.75 Å². The van der Waals surface area contributed by atoms with E-state index in [0.717, 1.165) is 16.8 Å². The van der Waals surface area contributed by atoms with Gasteiger partial charge < -0.3 is 15.2 Å². The predicted octanol–water partition coefficient (Wildman–Crippen LogP) is 2.54. The van der Waals surface area contributed by atoms with Crippen molar-refractivity contribution in [1.29, 1.82) is 0 Å². The van der Waals surface area contributed by atoms with E-state index in [1.807, 2.05) is 30.5 Å². The van der Waals surface area contributed by atoms with E-state index in [1.165, 1.54) is 0 Å². The molecule has 0 radical (unpaired) electrons. The van der Waals surface area contributed by atoms with Gasteiger partial charge in [0.2, 0.25) is 0 Å². The number of H-pyrrole nitrogens is 1. The summed E-state index contributed by atoms with van der Waals surface area (Å²) in [6.07, 6.45) is 1.23. The van der Waals surface area contributed by atoms with Crippen LogP contribution in [-0.2, 0) is 12.0 Å². The second-order valence-electron chi connectivity index (χ2n) is 6.41. The molecule has 0 saturated carbocycles. The highest BCUT2D eigenvalue weighted by Gasteiger charge is 2.20. The third-order valence-corrected chi connectivity index (χ3v) is 3.62. The number of benzene rings is 1. The molecule has 1 atom stereocenters. The van der Waals surface area contributed by atoms with Crippen LogP contribution in [0.3, 0.4) is 0 Å². The van der Waals surface area contributed by atoms with Crippen LogP contribution in [-0.4, -0.2) is 29.0 Å². The van der Waals surface area contributed by atoms with Crippen LogP contribution in [0, 0.1) is 0 Å². The van der Waals surface area contributed by atoms with Crippen molar-refractivity contribution in [3.8, 4) is 5.75 Å². The smallest absolute Gasteiger partial charge is 0.124 e. The average molecular weight is 303 g/mol. The molecule has 0 aliphatic rings. The Bertz CT molecular complexity index is 602. The van der Waals surface area contributed by atoms with Gasteiger partial charge in [0.25, 0.3) is 0 Å². The first-order valence-corrected chi connectivity index (χ1v) is 7.48. The Balaban J connectivity index is 1.95. The third-order valence-electron chi connectivity index (χ3n) is 3.62. The van der Waals surface area contributed by atoms with Crippen LogP contribution in [0.25, 0.3) is 0 Å². The molecule has 1 unspecified atom stereocenters. The van der Waals surface area contributed by atoms with Gasteiger partial charge in [0.05, 0.1) is 19.4 Å². The highest BCUT2D eigenvalue weighted by molar-refractivity contribution is 5.35. The van der Waals surface area contributed by atoms with Crippen molar-refractivity contribution in [3.05, 3.63) is 47.3 Å². The fraction of sp³-hybridized carbons (Fsp3) is 0.471. The molecule has 0 bridgehead atoms. The number of aliphatic hydroxyl groups is 1. The monoisotopic (exact) mass is 303 g/mol. The topological polar surface area (TPSA) is 70.2 Å². The van der Waals surface area contributed by atoms with E-state index in [9.17, 15) is 5.11 Å². The standard InChI is InChI=1S/C17H25N3O2/c1-17(2,3)16-12(10-19-20-16)9-18-11-14(21)13-7-5-6-8-15(13)22-4/h5-8,10,14,18,21H,9,11H2,1-4H3,(H,19,20). The van der Waals surface area contributed by atoms with E-state index in [2.05, 4.69) is 36.3 Å². The molecule has 0 amide bonds. The largest absolute Gasteiger partial charge is 0.496 e. The Hall–Kier alpha value is -1.85. The minimum absolute atomic E-state index is 0.0226. The second kappa shape index (κ2) is 6.94. The molecular weight excluding hydrogens is 278 g/mol. The molecule has 120 valence electrons. The molecule has 0 saturated heterocycles. The Morgan fingerprint density at radius 3 is 2.73 bits per heavy atom. The number of methoxy groups -OCH3 is 1. The van der Waals surface area contributed by atoms with Gasteiger partial charge in [-0.05, 0) is 6.07 Å². The zero-order chi connectivity index (χ0) is 16.2. The van der Waals surface area contributed by atoms with Crippen LogP contribution in [0.15, 0.2) is 30.5 Å². The summed E-state index contributed by atoms with van der Waals surface area (Å²) >= 11 is 0. The third kappa shape index (κ3) is 3.87. The molecule has 0 spiro atoms. The van der Waals surface area contributed by atoms with Gasteiger partial charge in [-0.15, -0.1) is 0 Å². The molecule has 1 aromatic carbocycles. The quantitative estimate of drug-likeness (QED) is 0.767. The Morgan fingerprint density at radius 1 is 1.32 bits per heavy atom. The van der Waals surface area contributed by atoms with Crippen molar-refractivity contribution in [2.45, 2.75) is 38.8 Å². The van der Waals surface area contributed by atoms with E-state index in [1.54, 1.807) is 7.11 Å². The lowest BCUT2D eigenvalue weighted by atomic mass is 9.89. The number of nitrogens with one attached hydrogen (secondary N) is 2. The number of nitrogens with zero attached hydrogens (tertiary/aromatic N) is 1. The van der Waals surface area contributed by atoms with Crippen molar-refractivity contribution in [1.82, 2.24) is 15.5 Å². The molecule has 2 rings (SSSR count). The molecule has 0 fully saturated rings. The summed E-state index contributed by atoms with van der Waals surface area (Å²) in [4.78, 5) is 0. The minimum atomic E-state index is -0.610. The first-order chi connectivity index (χ1) is 10.4. The fourth-order valence-corrected chi connectivity index (χ4v) is 2.49. The molecule has 1 aromatic heterocycles. The Kier molecular flexibility index (Phi) is 5.21. The van der Waals surface area contributed by atoms with Crippen molar-refractivity contribution in [3.63, 3.8) is 0 Å². The van der Waals surface area contributed by atoms with Crippen LogP contribution < -0.4 is 10.1 Å². The lowest BCUT2D eigenvalue weighted by Gasteiger charge is -2.19. The zero-order valence-electron chi connectivity index (χ0n) is 13.7. The van der Waals surface area contributed by atoms with Gasteiger partial charge in [-0.3, -0.25) is 5.10 Å². The van der Waals surface area contributed by atoms with Crippen LogP contribution in [0.1, 0.15) is 43.7 Å². The molecule has 2 aromatic rings. The summed E-state index contributed by atoms with van der Waals surface area (Å²) in [5.41, 5.74) is 3.06. The molecule has 0 aliphatic carbocycles. The number of ether oxygens (including phenoxy) is 1. The maximum atomic E-state index is 10.3. The summed E-state index contributed by atoms with van der Waals surface area (Å²) in [6.45, 7) is 7.56. The van der Waals surface area contributed by atoms with E-state index < -0.39 is 6.10 Å².